The zero-order valence-electron chi connectivity index (χ0n) is 22.9. The summed E-state index contributed by atoms with van der Waals surface area (Å²) in [6.07, 6.45) is 3.32. The molecule has 43 heavy (non-hydrogen) atoms. The molecule has 3 amide bonds. The van der Waals surface area contributed by atoms with Crippen LogP contribution in [0.25, 0.3) is 17.0 Å². The van der Waals surface area contributed by atoms with E-state index >= 15 is 0 Å². The summed E-state index contributed by atoms with van der Waals surface area (Å²) in [5, 5.41) is 9.69. The second kappa shape index (κ2) is 13.6. The molecular weight excluding hydrogens is 603 g/mol. The molecule has 4 N–H and O–H groups in total. The van der Waals surface area contributed by atoms with Crippen LogP contribution in [0.2, 0.25) is 10.0 Å². The van der Waals surface area contributed by atoms with E-state index < -0.39 is 17.1 Å². The van der Waals surface area contributed by atoms with Gasteiger partial charge in [-0.25, -0.2) is 0 Å². The molecule has 0 fully saturated rings. The molecule has 0 aliphatic rings. The highest BCUT2D eigenvalue weighted by Crippen LogP contribution is 2.29. The molecule has 5 rings (SSSR count). The molecule has 0 saturated heterocycles. The maximum Gasteiger partial charge on any atom is 0.272 e. The zero-order chi connectivity index (χ0) is 30.3. The van der Waals surface area contributed by atoms with Gasteiger partial charge < -0.3 is 20.9 Å². The number of fused-ring (bicyclic) bond motifs is 1. The third-order valence-electron chi connectivity index (χ3n) is 6.41. The van der Waals surface area contributed by atoms with Gasteiger partial charge >= 0.3 is 0 Å². The van der Waals surface area contributed by atoms with Crippen LogP contribution in [0.4, 0.5) is 11.4 Å². The van der Waals surface area contributed by atoms with Crippen LogP contribution in [0.5, 0.6) is 0 Å². The number of carbonyl (C=O) groups is 3. The first-order valence-electron chi connectivity index (χ1n) is 13.2. The molecule has 1 aromatic heterocycles. The Labute approximate surface area is 262 Å². The highest BCUT2D eigenvalue weighted by Gasteiger charge is 2.18. The average Bonchev–Trinajstić information content (AvgIpc) is 3.47. The monoisotopic (exact) mass is 628 g/mol. The Morgan fingerprint density at radius 3 is 2.42 bits per heavy atom. The van der Waals surface area contributed by atoms with Crippen LogP contribution >= 0.6 is 35.0 Å². The Bertz CT molecular complexity index is 1840. The van der Waals surface area contributed by atoms with Gasteiger partial charge in [-0.1, -0.05) is 65.7 Å². The smallest absolute Gasteiger partial charge is 0.272 e. The van der Waals surface area contributed by atoms with Crippen molar-refractivity contribution in [2.45, 2.75) is 17.1 Å². The van der Waals surface area contributed by atoms with E-state index in [-0.39, 0.29) is 16.6 Å². The second-order valence-corrected chi connectivity index (χ2v) is 11.7. The van der Waals surface area contributed by atoms with Crippen molar-refractivity contribution < 1.29 is 14.4 Å². The Kier molecular flexibility index (Phi) is 9.51. The van der Waals surface area contributed by atoms with Crippen molar-refractivity contribution in [1.82, 2.24) is 10.3 Å². The first-order valence-corrected chi connectivity index (χ1v) is 14.9. The summed E-state index contributed by atoms with van der Waals surface area (Å²) in [4.78, 5) is 43.2. The number of rotatable bonds is 9. The Morgan fingerprint density at radius 1 is 0.837 bits per heavy atom. The van der Waals surface area contributed by atoms with Gasteiger partial charge in [-0.05, 0) is 78.5 Å². The van der Waals surface area contributed by atoms with Crippen molar-refractivity contribution in [3.8, 4) is 0 Å². The van der Waals surface area contributed by atoms with E-state index in [9.17, 15) is 14.4 Å². The lowest BCUT2D eigenvalue weighted by Crippen LogP contribution is -2.30. The van der Waals surface area contributed by atoms with Crippen molar-refractivity contribution in [3.05, 3.63) is 130 Å². The van der Waals surface area contributed by atoms with E-state index in [1.54, 1.807) is 66.7 Å². The number of hydrogen-bond acceptors (Lipinski definition) is 4. The minimum atomic E-state index is -0.562. The first-order chi connectivity index (χ1) is 20.8. The van der Waals surface area contributed by atoms with E-state index in [4.69, 9.17) is 23.2 Å². The second-order valence-electron chi connectivity index (χ2n) is 9.53. The van der Waals surface area contributed by atoms with Gasteiger partial charge in [-0.3, -0.25) is 14.4 Å². The van der Waals surface area contributed by atoms with Crippen LogP contribution in [0, 0.1) is 0 Å². The molecule has 4 aromatic carbocycles. The van der Waals surface area contributed by atoms with E-state index in [1.807, 2.05) is 43.5 Å². The summed E-state index contributed by atoms with van der Waals surface area (Å²) in [7, 11) is 0. The summed E-state index contributed by atoms with van der Waals surface area (Å²) < 4.78 is 0. The minimum absolute atomic E-state index is 0.0251. The zero-order valence-corrected chi connectivity index (χ0v) is 25.2. The topological polar surface area (TPSA) is 103 Å². The number of anilines is 2. The van der Waals surface area contributed by atoms with Crippen molar-refractivity contribution in [2.75, 3.05) is 10.6 Å². The molecule has 10 heteroatoms. The fourth-order valence-corrected chi connectivity index (χ4v) is 5.49. The lowest BCUT2D eigenvalue weighted by atomic mass is 10.1. The molecule has 0 aliphatic heterocycles. The third-order valence-corrected chi connectivity index (χ3v) is 8.33. The molecule has 1 heterocycles. The SMILES string of the molecule is CC(Sc1cccc(NC(=O)/C(=C\c2cccc(Cl)c2Cl)NC(=O)c2ccccc2)c1)C(=O)Nc1ccc2cc[nH]c2c1. The quantitative estimate of drug-likeness (QED) is 0.0980. The predicted molar refractivity (Wildman–Crippen MR) is 176 cm³/mol. The van der Waals surface area contributed by atoms with E-state index in [1.165, 1.54) is 17.8 Å². The fraction of sp³-hybridized carbons (Fsp3) is 0.0606. The van der Waals surface area contributed by atoms with Crippen molar-refractivity contribution >= 4 is 81.0 Å². The molecule has 0 spiro atoms. The number of benzene rings is 4. The Balaban J connectivity index is 1.30. The van der Waals surface area contributed by atoms with Crippen LogP contribution in [0.15, 0.2) is 114 Å². The van der Waals surface area contributed by atoms with Crippen LogP contribution < -0.4 is 16.0 Å². The molecule has 0 aliphatic carbocycles. The molecular formula is C33H26Cl2N4O3S. The third kappa shape index (κ3) is 7.67. The standard InChI is InChI=1S/C33H26Cl2N4O3S/c1-20(31(40)37-25-14-13-21-15-16-36-28(21)19-25)43-26-11-6-10-24(18-26)38-33(42)29(17-23-9-5-12-27(34)30(23)35)39-32(41)22-7-3-2-4-8-22/h2-20,36H,1H3,(H,37,40)(H,38,42)(H,39,41)/b29-17+. The highest BCUT2D eigenvalue weighted by molar-refractivity contribution is 8.00. The minimum Gasteiger partial charge on any atom is -0.361 e. The Morgan fingerprint density at radius 2 is 1.60 bits per heavy atom. The van der Waals surface area contributed by atoms with Crippen molar-refractivity contribution in [3.63, 3.8) is 0 Å². The van der Waals surface area contributed by atoms with Gasteiger partial charge in [-0.2, -0.15) is 0 Å². The fourth-order valence-electron chi connectivity index (χ4n) is 4.20. The van der Waals surface area contributed by atoms with Gasteiger partial charge in [0.1, 0.15) is 5.70 Å². The van der Waals surface area contributed by atoms with Gasteiger partial charge in [0, 0.05) is 33.5 Å². The summed E-state index contributed by atoms with van der Waals surface area (Å²) in [5.74, 6) is -1.18. The molecule has 0 bridgehead atoms. The maximum absolute atomic E-state index is 13.5. The lowest BCUT2D eigenvalue weighted by Gasteiger charge is -2.14. The average molecular weight is 630 g/mol. The summed E-state index contributed by atoms with van der Waals surface area (Å²) >= 11 is 13.9. The van der Waals surface area contributed by atoms with Gasteiger partial charge in [0.25, 0.3) is 11.8 Å². The van der Waals surface area contributed by atoms with Gasteiger partial charge in [-0.15, -0.1) is 11.8 Å². The predicted octanol–water partition coefficient (Wildman–Crippen LogP) is 8.00. The number of hydrogen-bond donors (Lipinski definition) is 4. The Hall–Kier alpha value is -4.50. The van der Waals surface area contributed by atoms with Crippen LogP contribution in [-0.4, -0.2) is 28.0 Å². The summed E-state index contributed by atoms with van der Waals surface area (Å²) in [6.45, 7) is 1.81. The van der Waals surface area contributed by atoms with E-state index in [0.717, 1.165) is 15.8 Å². The van der Waals surface area contributed by atoms with E-state index in [2.05, 4.69) is 20.9 Å². The molecule has 216 valence electrons. The first kappa shape index (κ1) is 30.0. The number of aromatic nitrogens is 1. The van der Waals surface area contributed by atoms with Crippen LogP contribution in [0.3, 0.4) is 0 Å². The number of carbonyl (C=O) groups excluding carboxylic acids is 3. The molecule has 1 unspecified atom stereocenters. The summed E-state index contributed by atoms with van der Waals surface area (Å²) in [5.41, 5.74) is 2.95. The highest BCUT2D eigenvalue weighted by atomic mass is 35.5. The number of thioether (sulfide) groups is 1. The molecule has 0 saturated carbocycles. The molecule has 5 aromatic rings. The number of halogens is 2. The molecule has 1 atom stereocenters. The number of H-pyrrole nitrogens is 1. The number of nitrogens with one attached hydrogen (secondary N) is 4. The summed E-state index contributed by atoms with van der Waals surface area (Å²) in [6, 6.07) is 28.4. The van der Waals surface area contributed by atoms with Crippen LogP contribution in [0.1, 0.15) is 22.8 Å². The van der Waals surface area contributed by atoms with Crippen molar-refractivity contribution in [2.24, 2.45) is 0 Å². The van der Waals surface area contributed by atoms with Crippen LogP contribution in [-0.2, 0) is 9.59 Å². The lowest BCUT2D eigenvalue weighted by molar-refractivity contribution is -0.115. The maximum atomic E-state index is 13.5. The normalized spacial score (nSPS) is 12.0. The van der Waals surface area contributed by atoms with Crippen molar-refractivity contribution in [1.29, 1.82) is 0 Å². The largest absolute Gasteiger partial charge is 0.361 e. The molecule has 7 nitrogen and oxygen atoms in total. The van der Waals surface area contributed by atoms with Gasteiger partial charge in [0.05, 0.1) is 15.3 Å². The van der Waals surface area contributed by atoms with E-state index in [0.29, 0.717) is 27.5 Å². The molecule has 0 radical (unpaired) electrons. The van der Waals surface area contributed by atoms with Gasteiger partial charge in [0.2, 0.25) is 5.91 Å². The number of amides is 3. The number of aromatic amines is 1. The van der Waals surface area contributed by atoms with Gasteiger partial charge in [0.15, 0.2) is 0 Å².